The zero-order valence-electron chi connectivity index (χ0n) is 16.0. The van der Waals surface area contributed by atoms with Gasteiger partial charge in [-0.2, -0.15) is 0 Å². The van der Waals surface area contributed by atoms with Gasteiger partial charge in [-0.3, -0.25) is 4.98 Å². The quantitative estimate of drug-likeness (QED) is 0.470. The van der Waals surface area contributed by atoms with Gasteiger partial charge in [-0.05, 0) is 72.9 Å². The van der Waals surface area contributed by atoms with Crippen LogP contribution >= 0.6 is 12.2 Å². The summed E-state index contributed by atoms with van der Waals surface area (Å²) in [5, 5.41) is 4.00. The lowest BCUT2D eigenvalue weighted by molar-refractivity contribution is 0.475. The maximum absolute atomic E-state index is 13.6. The van der Waals surface area contributed by atoms with E-state index < -0.39 is 0 Å². The topological polar surface area (TPSA) is 46.2 Å². The first-order chi connectivity index (χ1) is 14.7. The first-order valence-corrected chi connectivity index (χ1v) is 10.1. The Morgan fingerprint density at radius 2 is 1.90 bits per heavy atom. The van der Waals surface area contributed by atoms with Crippen molar-refractivity contribution in [3.8, 4) is 0 Å². The standard InChI is InChI=1S/C23H19FN4OS/c24-16-8-10-17(11-9-16)28-22(21(26-23(28)30)19-6-1-2-12-25-19)20-7-3-13-27(20)15-18-5-4-14-29-18/h1-14,21-22H,15H2,(H,26,30)/t21-,22+/m0/s1. The molecule has 1 aliphatic rings. The molecule has 0 bridgehead atoms. The largest absolute Gasteiger partial charge is 0.467 e. The Balaban J connectivity index is 1.60. The van der Waals surface area contributed by atoms with Crippen LogP contribution in [0.4, 0.5) is 10.1 Å². The highest BCUT2D eigenvalue weighted by Gasteiger charge is 2.42. The van der Waals surface area contributed by atoms with Gasteiger partial charge in [0.15, 0.2) is 5.11 Å². The molecular formula is C23H19FN4OS. The number of anilines is 1. The molecule has 4 heterocycles. The molecule has 7 heteroatoms. The fraction of sp³-hybridized carbons (Fsp3) is 0.130. The number of furan rings is 1. The van der Waals surface area contributed by atoms with Gasteiger partial charge >= 0.3 is 0 Å². The Bertz CT molecular complexity index is 1140. The highest BCUT2D eigenvalue weighted by molar-refractivity contribution is 7.80. The van der Waals surface area contributed by atoms with Crippen LogP contribution in [0.1, 0.15) is 29.2 Å². The molecule has 2 atom stereocenters. The number of hydrogen-bond acceptors (Lipinski definition) is 3. The molecule has 1 fully saturated rings. The van der Waals surface area contributed by atoms with Crippen molar-refractivity contribution in [1.29, 1.82) is 0 Å². The molecule has 1 saturated heterocycles. The lowest BCUT2D eigenvalue weighted by atomic mass is 10.0. The van der Waals surface area contributed by atoms with Gasteiger partial charge < -0.3 is 19.2 Å². The minimum atomic E-state index is -0.282. The summed E-state index contributed by atoms with van der Waals surface area (Å²) in [6, 6.07) is 19.8. The zero-order valence-corrected chi connectivity index (χ0v) is 16.8. The molecule has 150 valence electrons. The van der Waals surface area contributed by atoms with Crippen LogP contribution in [-0.2, 0) is 6.54 Å². The summed E-state index contributed by atoms with van der Waals surface area (Å²) in [5.74, 6) is 0.583. The van der Waals surface area contributed by atoms with Gasteiger partial charge in [0.2, 0.25) is 0 Å². The average molecular weight is 418 g/mol. The Morgan fingerprint density at radius 1 is 1.03 bits per heavy atom. The minimum Gasteiger partial charge on any atom is -0.467 e. The van der Waals surface area contributed by atoms with Gasteiger partial charge in [-0.15, -0.1) is 0 Å². The van der Waals surface area contributed by atoms with Crippen LogP contribution in [0.3, 0.4) is 0 Å². The van der Waals surface area contributed by atoms with E-state index in [0.717, 1.165) is 22.8 Å². The molecule has 0 amide bonds. The highest BCUT2D eigenvalue weighted by Crippen LogP contribution is 2.41. The van der Waals surface area contributed by atoms with Crippen LogP contribution in [0.2, 0.25) is 0 Å². The van der Waals surface area contributed by atoms with Crippen LogP contribution in [-0.4, -0.2) is 14.7 Å². The first kappa shape index (κ1) is 18.6. The third kappa shape index (κ3) is 3.37. The van der Waals surface area contributed by atoms with Gasteiger partial charge in [-0.25, -0.2) is 4.39 Å². The smallest absolute Gasteiger partial charge is 0.174 e. The molecule has 0 unspecified atom stereocenters. The van der Waals surface area contributed by atoms with Crippen LogP contribution in [0.5, 0.6) is 0 Å². The van der Waals surface area contributed by atoms with Gasteiger partial charge in [0.25, 0.3) is 0 Å². The Morgan fingerprint density at radius 3 is 2.63 bits per heavy atom. The first-order valence-electron chi connectivity index (χ1n) is 9.64. The average Bonchev–Trinajstić information content (AvgIpc) is 3.50. The summed E-state index contributed by atoms with van der Waals surface area (Å²) in [4.78, 5) is 6.60. The summed E-state index contributed by atoms with van der Waals surface area (Å²) in [6.45, 7) is 0.602. The second-order valence-corrected chi connectivity index (χ2v) is 7.50. The van der Waals surface area contributed by atoms with E-state index in [-0.39, 0.29) is 17.9 Å². The third-order valence-electron chi connectivity index (χ3n) is 5.28. The lowest BCUT2D eigenvalue weighted by Crippen LogP contribution is -2.30. The van der Waals surface area contributed by atoms with Crippen molar-refractivity contribution in [1.82, 2.24) is 14.9 Å². The molecule has 3 aromatic heterocycles. The van der Waals surface area contributed by atoms with Crippen molar-refractivity contribution < 1.29 is 8.81 Å². The number of halogens is 1. The number of aromatic nitrogens is 2. The van der Waals surface area contributed by atoms with E-state index in [1.165, 1.54) is 12.1 Å². The van der Waals surface area contributed by atoms with E-state index in [9.17, 15) is 4.39 Å². The van der Waals surface area contributed by atoms with E-state index in [0.29, 0.717) is 11.7 Å². The van der Waals surface area contributed by atoms with Gasteiger partial charge in [0.1, 0.15) is 17.6 Å². The van der Waals surface area contributed by atoms with Gasteiger partial charge in [0.05, 0.1) is 24.5 Å². The van der Waals surface area contributed by atoms with E-state index in [4.69, 9.17) is 16.6 Å². The van der Waals surface area contributed by atoms with Crippen molar-refractivity contribution in [2.45, 2.75) is 18.6 Å². The SMILES string of the molecule is Fc1ccc(N2C(=S)N[C@@H](c3ccccn3)[C@H]2c2cccn2Cc2ccco2)cc1. The number of hydrogen-bond donors (Lipinski definition) is 1. The fourth-order valence-corrected chi connectivity index (χ4v) is 4.29. The van der Waals surface area contributed by atoms with Crippen molar-refractivity contribution >= 4 is 23.0 Å². The summed E-state index contributed by atoms with van der Waals surface area (Å²) in [6.07, 6.45) is 5.48. The number of pyridine rings is 1. The molecule has 0 aliphatic carbocycles. The molecule has 5 rings (SSSR count). The molecule has 0 radical (unpaired) electrons. The summed E-state index contributed by atoms with van der Waals surface area (Å²) in [7, 11) is 0. The van der Waals surface area contributed by atoms with E-state index in [1.807, 2.05) is 47.5 Å². The van der Waals surface area contributed by atoms with Gasteiger partial charge in [-0.1, -0.05) is 6.07 Å². The predicted molar refractivity (Wildman–Crippen MR) is 117 cm³/mol. The number of rotatable bonds is 5. The summed E-state index contributed by atoms with van der Waals surface area (Å²) < 4.78 is 21.3. The second-order valence-electron chi connectivity index (χ2n) is 7.11. The maximum Gasteiger partial charge on any atom is 0.174 e. The molecule has 5 nitrogen and oxygen atoms in total. The molecule has 4 aromatic rings. The summed E-state index contributed by atoms with van der Waals surface area (Å²) >= 11 is 5.71. The van der Waals surface area contributed by atoms with E-state index in [2.05, 4.69) is 20.9 Å². The number of thiocarbonyl (C=S) groups is 1. The van der Waals surface area contributed by atoms with Gasteiger partial charge in [0, 0.05) is 23.8 Å². The molecule has 1 N–H and O–H groups in total. The van der Waals surface area contributed by atoms with Crippen molar-refractivity contribution in [3.63, 3.8) is 0 Å². The van der Waals surface area contributed by atoms with E-state index in [1.54, 1.807) is 24.6 Å². The van der Waals surface area contributed by atoms with E-state index >= 15 is 0 Å². The van der Waals surface area contributed by atoms with Crippen LogP contribution in [0.15, 0.2) is 89.8 Å². The third-order valence-corrected chi connectivity index (χ3v) is 5.59. The highest BCUT2D eigenvalue weighted by atomic mass is 32.1. The maximum atomic E-state index is 13.6. The number of nitrogens with one attached hydrogen (secondary N) is 1. The minimum absolute atomic E-state index is 0.158. The van der Waals surface area contributed by atoms with Crippen LogP contribution < -0.4 is 10.2 Å². The second kappa shape index (κ2) is 7.76. The molecule has 0 spiro atoms. The zero-order chi connectivity index (χ0) is 20.5. The molecule has 30 heavy (non-hydrogen) atoms. The van der Waals surface area contributed by atoms with Crippen molar-refractivity contribution in [2.75, 3.05) is 4.90 Å². The Hall–Kier alpha value is -3.45. The molecule has 0 saturated carbocycles. The van der Waals surface area contributed by atoms with Crippen molar-refractivity contribution in [3.05, 3.63) is 108 Å². The molecule has 1 aliphatic heterocycles. The lowest BCUT2D eigenvalue weighted by Gasteiger charge is -2.28. The molecular weight excluding hydrogens is 399 g/mol. The Labute approximate surface area is 178 Å². The Kier molecular flexibility index (Phi) is 4.80. The summed E-state index contributed by atoms with van der Waals surface area (Å²) in [5.41, 5.74) is 2.77. The predicted octanol–water partition coefficient (Wildman–Crippen LogP) is 4.84. The number of benzene rings is 1. The monoisotopic (exact) mass is 418 g/mol. The normalized spacial score (nSPS) is 18.6. The number of nitrogens with zero attached hydrogens (tertiary/aromatic N) is 3. The van der Waals surface area contributed by atoms with Crippen molar-refractivity contribution in [2.24, 2.45) is 0 Å². The molecule has 1 aromatic carbocycles. The fourth-order valence-electron chi connectivity index (χ4n) is 3.95. The van der Waals surface area contributed by atoms with Crippen LogP contribution in [0.25, 0.3) is 0 Å². The van der Waals surface area contributed by atoms with Crippen LogP contribution in [0, 0.1) is 5.82 Å².